The van der Waals surface area contributed by atoms with Crippen LogP contribution in [0.4, 0.5) is 13.2 Å². The quantitative estimate of drug-likeness (QED) is 0.328. The molecule has 30 heavy (non-hydrogen) atoms. The minimum absolute atomic E-state index is 0.0276. The molecular weight excluding hydrogens is 385 g/mol. The van der Waals surface area contributed by atoms with E-state index in [0.29, 0.717) is 0 Å². The number of phenols is 1. The molecule has 4 heteroatoms. The van der Waals surface area contributed by atoms with E-state index in [4.69, 9.17) is 0 Å². The third kappa shape index (κ3) is 2.96. The Kier molecular flexibility index (Phi) is 4.17. The predicted octanol–water partition coefficient (Wildman–Crippen LogP) is 7.32. The fourth-order valence-electron chi connectivity index (χ4n) is 4.31. The molecule has 0 saturated carbocycles. The van der Waals surface area contributed by atoms with Crippen LogP contribution in [-0.2, 0) is 12.6 Å². The molecule has 0 spiro atoms. The maximum Gasteiger partial charge on any atom is 0.417 e. The Balaban J connectivity index is 1.67. The second-order valence-electron chi connectivity index (χ2n) is 7.44. The third-order valence-corrected chi connectivity index (χ3v) is 5.68. The van der Waals surface area contributed by atoms with E-state index in [1.807, 2.05) is 24.3 Å². The second-order valence-corrected chi connectivity index (χ2v) is 7.44. The Morgan fingerprint density at radius 2 is 1.30 bits per heavy atom. The zero-order valence-electron chi connectivity index (χ0n) is 15.9. The smallest absolute Gasteiger partial charge is 0.417 e. The Morgan fingerprint density at radius 1 is 0.633 bits per heavy atom. The number of aromatic hydroxyl groups is 1. The molecule has 1 N–H and O–H groups in total. The Labute approximate surface area is 172 Å². The van der Waals surface area contributed by atoms with E-state index in [2.05, 4.69) is 18.2 Å². The molecule has 0 radical (unpaired) electrons. The minimum Gasteiger partial charge on any atom is -0.507 e. The summed E-state index contributed by atoms with van der Waals surface area (Å²) >= 11 is 0. The molecule has 1 nitrogen and oxygen atoms in total. The summed E-state index contributed by atoms with van der Waals surface area (Å²) in [5.74, 6) is -0.175. The first-order valence-corrected chi connectivity index (χ1v) is 9.63. The fraction of sp³-hybridized carbons (Fsp3) is 0.0769. The molecule has 4 aromatic carbocycles. The lowest BCUT2D eigenvalue weighted by molar-refractivity contribution is -0.137. The van der Waals surface area contributed by atoms with Gasteiger partial charge in [-0.3, -0.25) is 0 Å². The van der Waals surface area contributed by atoms with E-state index in [0.717, 1.165) is 34.7 Å². The first-order chi connectivity index (χ1) is 14.4. The highest BCUT2D eigenvalue weighted by Crippen LogP contribution is 2.44. The number of rotatable bonds is 2. The molecule has 0 aromatic heterocycles. The Morgan fingerprint density at radius 3 is 2.10 bits per heavy atom. The summed E-state index contributed by atoms with van der Waals surface area (Å²) in [6, 6.07) is 24.4. The lowest BCUT2D eigenvalue weighted by Gasteiger charge is -2.16. The van der Waals surface area contributed by atoms with E-state index in [9.17, 15) is 18.3 Å². The van der Waals surface area contributed by atoms with Crippen molar-refractivity contribution >= 4 is 0 Å². The van der Waals surface area contributed by atoms with E-state index in [-0.39, 0.29) is 16.9 Å². The van der Waals surface area contributed by atoms with E-state index >= 15 is 0 Å². The van der Waals surface area contributed by atoms with Crippen LogP contribution in [0.2, 0.25) is 0 Å². The number of phenolic OH excluding ortho intramolecular Hbond substituents is 1. The molecule has 0 bridgehead atoms. The van der Waals surface area contributed by atoms with Gasteiger partial charge in [-0.15, -0.1) is 0 Å². The first-order valence-electron chi connectivity index (χ1n) is 9.63. The van der Waals surface area contributed by atoms with E-state index in [1.165, 1.54) is 29.3 Å². The van der Waals surface area contributed by atoms with Gasteiger partial charge in [-0.05, 0) is 63.6 Å². The molecule has 0 saturated heterocycles. The fourth-order valence-corrected chi connectivity index (χ4v) is 4.31. The van der Waals surface area contributed by atoms with Crippen LogP contribution in [0.15, 0.2) is 84.9 Å². The van der Waals surface area contributed by atoms with Crippen LogP contribution >= 0.6 is 0 Å². The van der Waals surface area contributed by atoms with Crippen LogP contribution in [-0.4, -0.2) is 5.11 Å². The van der Waals surface area contributed by atoms with Gasteiger partial charge in [0.05, 0.1) is 5.56 Å². The van der Waals surface area contributed by atoms with Gasteiger partial charge in [-0.1, -0.05) is 66.7 Å². The number of hydrogen-bond donors (Lipinski definition) is 1. The van der Waals surface area contributed by atoms with Gasteiger partial charge in [0.15, 0.2) is 0 Å². The number of hydrogen-bond acceptors (Lipinski definition) is 1. The average Bonchev–Trinajstić information content (AvgIpc) is 3.12. The zero-order chi connectivity index (χ0) is 20.9. The maximum absolute atomic E-state index is 13.5. The molecule has 0 unspecified atom stereocenters. The summed E-state index contributed by atoms with van der Waals surface area (Å²) in [6.07, 6.45) is -3.73. The molecular formula is C26H17F3O. The molecule has 0 atom stereocenters. The lowest BCUT2D eigenvalue weighted by atomic mass is 9.91. The molecule has 0 fully saturated rings. The topological polar surface area (TPSA) is 20.2 Å². The molecule has 0 aliphatic heterocycles. The number of benzene rings is 4. The average molecular weight is 402 g/mol. The zero-order valence-corrected chi connectivity index (χ0v) is 15.9. The van der Waals surface area contributed by atoms with Crippen molar-refractivity contribution in [3.8, 4) is 39.1 Å². The van der Waals surface area contributed by atoms with Gasteiger partial charge in [0.1, 0.15) is 5.75 Å². The molecule has 148 valence electrons. The molecule has 0 amide bonds. The van der Waals surface area contributed by atoms with Crippen molar-refractivity contribution in [1.82, 2.24) is 0 Å². The van der Waals surface area contributed by atoms with Gasteiger partial charge < -0.3 is 5.11 Å². The van der Waals surface area contributed by atoms with Gasteiger partial charge in [0.2, 0.25) is 0 Å². The summed E-state index contributed by atoms with van der Waals surface area (Å²) in [7, 11) is 0. The maximum atomic E-state index is 13.5. The number of fused-ring (bicyclic) bond motifs is 3. The summed E-state index contributed by atoms with van der Waals surface area (Å²) in [4.78, 5) is 0. The van der Waals surface area contributed by atoms with Gasteiger partial charge in [-0.2, -0.15) is 13.2 Å². The number of alkyl halides is 3. The second kappa shape index (κ2) is 6.77. The molecule has 4 aromatic rings. The SMILES string of the molecule is Oc1ccc(-c2cccc3c2Cc2ccccc2-3)cc1-c1ccccc1C(F)(F)F. The molecule has 1 aliphatic rings. The van der Waals surface area contributed by atoms with Crippen molar-refractivity contribution in [3.05, 3.63) is 102 Å². The summed E-state index contributed by atoms with van der Waals surface area (Å²) in [5.41, 5.74) is 5.86. The van der Waals surface area contributed by atoms with Gasteiger partial charge in [0.25, 0.3) is 0 Å². The normalized spacial score (nSPS) is 12.5. The Hall–Kier alpha value is -3.53. The van der Waals surface area contributed by atoms with Crippen molar-refractivity contribution < 1.29 is 18.3 Å². The van der Waals surface area contributed by atoms with Crippen LogP contribution in [0.1, 0.15) is 16.7 Å². The Bertz CT molecular complexity index is 1270. The highest BCUT2D eigenvalue weighted by atomic mass is 19.4. The van der Waals surface area contributed by atoms with E-state index in [1.54, 1.807) is 18.2 Å². The largest absolute Gasteiger partial charge is 0.507 e. The molecule has 0 heterocycles. The van der Waals surface area contributed by atoms with Crippen LogP contribution in [0.25, 0.3) is 33.4 Å². The highest BCUT2D eigenvalue weighted by molar-refractivity contribution is 5.87. The third-order valence-electron chi connectivity index (χ3n) is 5.68. The van der Waals surface area contributed by atoms with Crippen LogP contribution in [0, 0.1) is 0 Å². The highest BCUT2D eigenvalue weighted by Gasteiger charge is 2.34. The van der Waals surface area contributed by atoms with Crippen LogP contribution < -0.4 is 0 Å². The van der Waals surface area contributed by atoms with Gasteiger partial charge >= 0.3 is 6.18 Å². The monoisotopic (exact) mass is 402 g/mol. The van der Waals surface area contributed by atoms with Crippen LogP contribution in [0.3, 0.4) is 0 Å². The van der Waals surface area contributed by atoms with Gasteiger partial charge in [0, 0.05) is 5.56 Å². The van der Waals surface area contributed by atoms with Crippen molar-refractivity contribution in [1.29, 1.82) is 0 Å². The summed E-state index contributed by atoms with van der Waals surface area (Å²) < 4.78 is 40.6. The van der Waals surface area contributed by atoms with Crippen molar-refractivity contribution in [2.45, 2.75) is 12.6 Å². The number of halogens is 3. The van der Waals surface area contributed by atoms with Gasteiger partial charge in [-0.25, -0.2) is 0 Å². The first kappa shape index (κ1) is 18.5. The lowest BCUT2D eigenvalue weighted by Crippen LogP contribution is -2.06. The molecule has 5 rings (SSSR count). The summed E-state index contributed by atoms with van der Waals surface area (Å²) in [5, 5.41) is 10.4. The van der Waals surface area contributed by atoms with Crippen molar-refractivity contribution in [2.75, 3.05) is 0 Å². The van der Waals surface area contributed by atoms with Crippen LogP contribution in [0.5, 0.6) is 5.75 Å². The van der Waals surface area contributed by atoms with Crippen molar-refractivity contribution in [3.63, 3.8) is 0 Å². The van der Waals surface area contributed by atoms with E-state index < -0.39 is 11.7 Å². The minimum atomic E-state index is -4.51. The predicted molar refractivity (Wildman–Crippen MR) is 112 cm³/mol. The standard InChI is InChI=1S/C26H17F3O/c27-26(28,29)24-11-4-3-8-21(24)23-15-17(12-13-25(23)30)19-9-5-10-20-18-7-2-1-6-16(18)14-22(19)20/h1-13,15,30H,14H2. The summed E-state index contributed by atoms with van der Waals surface area (Å²) in [6.45, 7) is 0. The molecule has 1 aliphatic carbocycles. The van der Waals surface area contributed by atoms with Crippen molar-refractivity contribution in [2.24, 2.45) is 0 Å².